The van der Waals surface area contributed by atoms with Crippen molar-refractivity contribution in [1.82, 2.24) is 4.31 Å². The molecule has 0 aliphatic rings. The first-order valence-corrected chi connectivity index (χ1v) is 8.89. The second kappa shape index (κ2) is 6.46. The van der Waals surface area contributed by atoms with E-state index in [1.807, 2.05) is 6.07 Å². The predicted octanol–water partition coefficient (Wildman–Crippen LogP) is 3.02. The maximum atomic E-state index is 12.6. The molecule has 1 aromatic heterocycles. The van der Waals surface area contributed by atoms with Gasteiger partial charge in [0.25, 0.3) is 0 Å². The summed E-state index contributed by atoms with van der Waals surface area (Å²) in [5, 5.41) is 9.71. The van der Waals surface area contributed by atoms with Gasteiger partial charge >= 0.3 is 0 Å². The molecule has 0 unspecified atom stereocenters. The molecule has 1 N–H and O–H groups in total. The fourth-order valence-electron chi connectivity index (χ4n) is 2.00. The van der Waals surface area contributed by atoms with Crippen molar-refractivity contribution >= 4 is 33.0 Å². The van der Waals surface area contributed by atoms with Gasteiger partial charge in [0.2, 0.25) is 10.0 Å². The summed E-state index contributed by atoms with van der Waals surface area (Å²) in [6, 6.07) is 8.64. The minimum Gasteiger partial charge on any atom is -0.391 e. The van der Waals surface area contributed by atoms with E-state index in [4.69, 9.17) is 16.7 Å². The molecule has 21 heavy (non-hydrogen) atoms. The molecule has 0 aliphatic carbocycles. The molecule has 0 amide bonds. The smallest absolute Gasteiger partial charge is 0.244 e. The Balaban J connectivity index is 2.28. The van der Waals surface area contributed by atoms with Gasteiger partial charge < -0.3 is 5.11 Å². The number of aliphatic hydroxyl groups excluding tert-OH is 1. The van der Waals surface area contributed by atoms with E-state index in [1.165, 1.54) is 28.8 Å². The highest BCUT2D eigenvalue weighted by Gasteiger charge is 2.25. The van der Waals surface area contributed by atoms with Crippen LogP contribution in [0.15, 0.2) is 35.2 Å². The van der Waals surface area contributed by atoms with Gasteiger partial charge in [0.1, 0.15) is 0 Å². The Hall–Kier alpha value is -0.920. The van der Waals surface area contributed by atoms with Gasteiger partial charge in [0.15, 0.2) is 0 Å². The lowest BCUT2D eigenvalue weighted by Crippen LogP contribution is -2.26. The first-order valence-electron chi connectivity index (χ1n) is 6.25. The Morgan fingerprint density at radius 3 is 2.62 bits per heavy atom. The maximum absolute atomic E-state index is 12.6. The minimum atomic E-state index is -3.58. The quantitative estimate of drug-likeness (QED) is 0.906. The Bertz CT molecular complexity index is 740. The fraction of sp³-hybridized carbons (Fsp3) is 0.286. The molecule has 0 fully saturated rings. The summed E-state index contributed by atoms with van der Waals surface area (Å²) in [6.07, 6.45) is 0. The van der Waals surface area contributed by atoms with E-state index >= 15 is 0 Å². The van der Waals surface area contributed by atoms with Crippen LogP contribution in [0.25, 0.3) is 0 Å². The van der Waals surface area contributed by atoms with Gasteiger partial charge in [-0.15, -0.1) is 11.3 Å². The van der Waals surface area contributed by atoms with Crippen LogP contribution >= 0.6 is 22.9 Å². The summed E-state index contributed by atoms with van der Waals surface area (Å²) in [4.78, 5) is 1.57. The van der Waals surface area contributed by atoms with Gasteiger partial charge in [-0.1, -0.05) is 23.7 Å². The first-order chi connectivity index (χ1) is 9.84. The summed E-state index contributed by atoms with van der Waals surface area (Å²) in [5.74, 6) is 0. The summed E-state index contributed by atoms with van der Waals surface area (Å²) in [5.41, 5.74) is 0.823. The number of aryl methyl sites for hydroxylation is 1. The molecule has 0 spiro atoms. The lowest BCUT2D eigenvalue weighted by atomic mass is 10.2. The molecular formula is C14H16ClNO3S2. The number of hydrogen-bond acceptors (Lipinski definition) is 4. The Kier molecular flexibility index (Phi) is 5.06. The van der Waals surface area contributed by atoms with Crippen molar-refractivity contribution in [2.24, 2.45) is 0 Å². The van der Waals surface area contributed by atoms with E-state index in [1.54, 1.807) is 25.1 Å². The average Bonchev–Trinajstić information content (AvgIpc) is 2.80. The SMILES string of the molecule is Cc1sc(CO)cc1S(=O)(=O)N(C)Cc1cccc(Cl)c1. The van der Waals surface area contributed by atoms with Crippen LogP contribution in [0.2, 0.25) is 5.02 Å². The average molecular weight is 346 g/mol. The van der Waals surface area contributed by atoms with Crippen LogP contribution in [0, 0.1) is 6.92 Å². The number of sulfonamides is 1. The molecule has 2 rings (SSSR count). The summed E-state index contributed by atoms with van der Waals surface area (Å²) in [7, 11) is -2.05. The highest BCUT2D eigenvalue weighted by molar-refractivity contribution is 7.89. The van der Waals surface area contributed by atoms with Crippen LogP contribution < -0.4 is 0 Å². The Labute approximate surface area is 133 Å². The standard InChI is InChI=1S/C14H16ClNO3S2/c1-10-14(7-13(9-17)20-10)21(18,19)16(2)8-11-4-3-5-12(15)6-11/h3-7,17H,8-9H2,1-2H3. The lowest BCUT2D eigenvalue weighted by Gasteiger charge is -2.17. The number of rotatable bonds is 5. The zero-order valence-corrected chi connectivity index (χ0v) is 14.1. The van der Waals surface area contributed by atoms with Gasteiger partial charge in [-0.3, -0.25) is 0 Å². The number of nitrogens with zero attached hydrogens (tertiary/aromatic N) is 1. The normalized spacial score (nSPS) is 12.0. The molecule has 114 valence electrons. The Morgan fingerprint density at radius 2 is 2.05 bits per heavy atom. The lowest BCUT2D eigenvalue weighted by molar-refractivity contribution is 0.285. The van der Waals surface area contributed by atoms with Crippen molar-refractivity contribution in [3.05, 3.63) is 50.7 Å². The van der Waals surface area contributed by atoms with Gasteiger partial charge in [-0.2, -0.15) is 4.31 Å². The van der Waals surface area contributed by atoms with Crippen LogP contribution in [0.4, 0.5) is 0 Å². The highest BCUT2D eigenvalue weighted by atomic mass is 35.5. The molecule has 0 saturated heterocycles. The topological polar surface area (TPSA) is 57.6 Å². The van der Waals surface area contributed by atoms with Gasteiger partial charge in [0.05, 0.1) is 11.5 Å². The highest BCUT2D eigenvalue weighted by Crippen LogP contribution is 2.28. The summed E-state index contributed by atoms with van der Waals surface area (Å²) >= 11 is 7.20. The van der Waals surface area contributed by atoms with Gasteiger partial charge in [0, 0.05) is 28.4 Å². The molecule has 7 heteroatoms. The first kappa shape index (κ1) is 16.5. The molecule has 1 aromatic carbocycles. The number of thiophene rings is 1. The van der Waals surface area contributed by atoms with Crippen LogP contribution in [-0.2, 0) is 23.2 Å². The summed E-state index contributed by atoms with van der Waals surface area (Å²) < 4.78 is 26.5. The number of aliphatic hydroxyl groups is 1. The van der Waals surface area contributed by atoms with E-state index in [-0.39, 0.29) is 18.0 Å². The van der Waals surface area contributed by atoms with Crippen molar-refractivity contribution in [3.8, 4) is 0 Å². The van der Waals surface area contributed by atoms with Crippen LogP contribution in [-0.4, -0.2) is 24.9 Å². The molecule has 0 atom stereocenters. The van der Waals surface area contributed by atoms with Gasteiger partial charge in [-0.05, 0) is 30.7 Å². The molecule has 2 aromatic rings. The minimum absolute atomic E-state index is 0.154. The maximum Gasteiger partial charge on any atom is 0.244 e. The second-order valence-electron chi connectivity index (χ2n) is 4.68. The monoisotopic (exact) mass is 345 g/mol. The van der Waals surface area contributed by atoms with Crippen molar-refractivity contribution in [2.75, 3.05) is 7.05 Å². The van der Waals surface area contributed by atoms with Crippen LogP contribution in [0.5, 0.6) is 0 Å². The van der Waals surface area contributed by atoms with Crippen LogP contribution in [0.3, 0.4) is 0 Å². The fourth-order valence-corrected chi connectivity index (χ4v) is 4.84. The van der Waals surface area contributed by atoms with Crippen molar-refractivity contribution in [1.29, 1.82) is 0 Å². The second-order valence-corrected chi connectivity index (χ2v) is 8.47. The van der Waals surface area contributed by atoms with E-state index in [2.05, 4.69) is 0 Å². The molecule has 1 heterocycles. The number of hydrogen-bond donors (Lipinski definition) is 1. The zero-order valence-electron chi connectivity index (χ0n) is 11.7. The van der Waals surface area contributed by atoms with E-state index in [0.717, 1.165) is 5.56 Å². The molecular weight excluding hydrogens is 330 g/mol. The van der Waals surface area contributed by atoms with E-state index in [0.29, 0.717) is 14.8 Å². The van der Waals surface area contributed by atoms with E-state index in [9.17, 15) is 8.42 Å². The zero-order chi connectivity index (χ0) is 15.6. The molecule has 0 bridgehead atoms. The molecule has 0 saturated carbocycles. The van der Waals surface area contributed by atoms with Gasteiger partial charge in [-0.25, -0.2) is 8.42 Å². The number of halogens is 1. The molecule has 0 radical (unpaired) electrons. The van der Waals surface area contributed by atoms with Crippen molar-refractivity contribution in [2.45, 2.75) is 25.0 Å². The largest absolute Gasteiger partial charge is 0.391 e. The molecule has 4 nitrogen and oxygen atoms in total. The molecule has 0 aliphatic heterocycles. The van der Waals surface area contributed by atoms with Crippen molar-refractivity contribution < 1.29 is 13.5 Å². The van der Waals surface area contributed by atoms with Crippen molar-refractivity contribution in [3.63, 3.8) is 0 Å². The summed E-state index contributed by atoms with van der Waals surface area (Å²) in [6.45, 7) is 1.83. The number of benzene rings is 1. The third-order valence-electron chi connectivity index (χ3n) is 3.06. The third-order valence-corrected chi connectivity index (χ3v) is 6.39. The van der Waals surface area contributed by atoms with Crippen LogP contribution in [0.1, 0.15) is 15.3 Å². The predicted molar refractivity (Wildman–Crippen MR) is 85.1 cm³/mol. The van der Waals surface area contributed by atoms with E-state index < -0.39 is 10.0 Å². The third kappa shape index (κ3) is 3.64. The Morgan fingerprint density at radius 1 is 1.33 bits per heavy atom.